The van der Waals surface area contributed by atoms with E-state index in [1.54, 1.807) is 0 Å². The zero-order chi connectivity index (χ0) is 9.03. The summed E-state index contributed by atoms with van der Waals surface area (Å²) in [4.78, 5) is 0. The Bertz CT molecular complexity index is 121. The summed E-state index contributed by atoms with van der Waals surface area (Å²) in [6, 6.07) is 0. The van der Waals surface area contributed by atoms with E-state index in [4.69, 9.17) is 0 Å². The molecule has 0 N–H and O–H groups in total. The second-order valence-electron chi connectivity index (χ2n) is 4.22. The van der Waals surface area contributed by atoms with Gasteiger partial charge in [-0.25, -0.2) is 0 Å². The van der Waals surface area contributed by atoms with Gasteiger partial charge < -0.3 is 0 Å². The van der Waals surface area contributed by atoms with Crippen molar-refractivity contribution in [2.24, 2.45) is 11.3 Å². The monoisotopic (exact) mass is 232 g/mol. The molecule has 1 saturated carbocycles. The lowest BCUT2D eigenvalue weighted by atomic mass is 9.73. The summed E-state index contributed by atoms with van der Waals surface area (Å²) < 4.78 is 0. The standard InChI is InChI=1S/C11H21Br/c1-3-10(4-2)11(9-12)7-5-6-8-11/h10H,3-9H2,1-2H3. The largest absolute Gasteiger partial charge is 0.0922 e. The Hall–Kier alpha value is 0.480. The maximum Gasteiger partial charge on any atom is 0.00906 e. The third-order valence-electron chi connectivity index (χ3n) is 3.72. The van der Waals surface area contributed by atoms with E-state index < -0.39 is 0 Å². The van der Waals surface area contributed by atoms with Gasteiger partial charge in [0.15, 0.2) is 0 Å². The Balaban J connectivity index is 2.63. The van der Waals surface area contributed by atoms with E-state index in [2.05, 4.69) is 29.8 Å². The van der Waals surface area contributed by atoms with Crippen molar-refractivity contribution in [2.45, 2.75) is 52.4 Å². The van der Waals surface area contributed by atoms with Gasteiger partial charge in [0.25, 0.3) is 0 Å². The summed E-state index contributed by atoms with van der Waals surface area (Å²) in [6.45, 7) is 4.69. The van der Waals surface area contributed by atoms with Crippen molar-refractivity contribution in [3.05, 3.63) is 0 Å². The van der Waals surface area contributed by atoms with Crippen LogP contribution in [0.4, 0.5) is 0 Å². The van der Waals surface area contributed by atoms with Crippen LogP contribution >= 0.6 is 15.9 Å². The number of hydrogen-bond acceptors (Lipinski definition) is 0. The fraction of sp³-hybridized carbons (Fsp3) is 1.00. The highest BCUT2D eigenvalue weighted by Gasteiger charge is 2.38. The van der Waals surface area contributed by atoms with Crippen molar-refractivity contribution in [3.63, 3.8) is 0 Å². The molecule has 0 amide bonds. The predicted octanol–water partition coefficient (Wildman–Crippen LogP) is 4.38. The lowest BCUT2D eigenvalue weighted by Crippen LogP contribution is -2.28. The molecule has 1 aliphatic carbocycles. The van der Waals surface area contributed by atoms with Crippen molar-refractivity contribution < 1.29 is 0 Å². The first-order valence-corrected chi connectivity index (χ1v) is 6.47. The Morgan fingerprint density at radius 1 is 1.17 bits per heavy atom. The molecule has 0 saturated heterocycles. The highest BCUT2D eigenvalue weighted by Crippen LogP contribution is 2.47. The molecule has 0 aromatic heterocycles. The van der Waals surface area contributed by atoms with Crippen molar-refractivity contribution in [1.82, 2.24) is 0 Å². The third-order valence-corrected chi connectivity index (χ3v) is 4.83. The van der Waals surface area contributed by atoms with Crippen LogP contribution in [0.1, 0.15) is 52.4 Å². The van der Waals surface area contributed by atoms with Gasteiger partial charge in [0.2, 0.25) is 0 Å². The average molecular weight is 233 g/mol. The van der Waals surface area contributed by atoms with Crippen LogP contribution in [-0.2, 0) is 0 Å². The maximum atomic E-state index is 3.72. The van der Waals surface area contributed by atoms with Gasteiger partial charge in [0, 0.05) is 5.33 Å². The van der Waals surface area contributed by atoms with Crippen LogP contribution < -0.4 is 0 Å². The van der Waals surface area contributed by atoms with E-state index >= 15 is 0 Å². The Kier molecular flexibility index (Phi) is 4.09. The van der Waals surface area contributed by atoms with Gasteiger partial charge in [-0.15, -0.1) is 0 Å². The first kappa shape index (κ1) is 10.6. The minimum Gasteiger partial charge on any atom is -0.0922 e. The van der Waals surface area contributed by atoms with Gasteiger partial charge in [-0.1, -0.05) is 55.5 Å². The van der Waals surface area contributed by atoms with Crippen LogP contribution in [0.5, 0.6) is 0 Å². The van der Waals surface area contributed by atoms with Crippen LogP contribution in [0.15, 0.2) is 0 Å². The molecule has 0 nitrogen and oxygen atoms in total. The van der Waals surface area contributed by atoms with Gasteiger partial charge >= 0.3 is 0 Å². The summed E-state index contributed by atoms with van der Waals surface area (Å²) in [6.07, 6.45) is 8.57. The molecule has 0 aromatic rings. The lowest BCUT2D eigenvalue weighted by molar-refractivity contribution is 0.189. The van der Waals surface area contributed by atoms with E-state index in [0.717, 1.165) is 5.92 Å². The van der Waals surface area contributed by atoms with Crippen LogP contribution in [0.25, 0.3) is 0 Å². The second kappa shape index (κ2) is 4.64. The van der Waals surface area contributed by atoms with E-state index in [9.17, 15) is 0 Å². The van der Waals surface area contributed by atoms with E-state index in [0.29, 0.717) is 5.41 Å². The average Bonchev–Trinajstić information content (AvgIpc) is 2.56. The minimum atomic E-state index is 0.670. The minimum absolute atomic E-state index is 0.670. The molecule has 12 heavy (non-hydrogen) atoms. The normalized spacial score (nSPS) is 22.0. The zero-order valence-corrected chi connectivity index (χ0v) is 9.99. The van der Waals surface area contributed by atoms with E-state index in [1.165, 1.54) is 43.9 Å². The van der Waals surface area contributed by atoms with Crippen molar-refractivity contribution in [1.29, 1.82) is 0 Å². The number of rotatable bonds is 4. The van der Waals surface area contributed by atoms with Crippen molar-refractivity contribution in [2.75, 3.05) is 5.33 Å². The Morgan fingerprint density at radius 2 is 1.67 bits per heavy atom. The Labute approximate surface area is 85.3 Å². The van der Waals surface area contributed by atoms with Gasteiger partial charge in [-0.2, -0.15) is 0 Å². The summed E-state index contributed by atoms with van der Waals surface area (Å²) >= 11 is 3.72. The van der Waals surface area contributed by atoms with Crippen LogP contribution in [0.3, 0.4) is 0 Å². The maximum absolute atomic E-state index is 3.72. The summed E-state index contributed by atoms with van der Waals surface area (Å²) in [5.74, 6) is 0.958. The molecule has 0 aromatic carbocycles. The summed E-state index contributed by atoms with van der Waals surface area (Å²) in [7, 11) is 0. The van der Waals surface area contributed by atoms with Crippen LogP contribution in [0.2, 0.25) is 0 Å². The van der Waals surface area contributed by atoms with E-state index in [-0.39, 0.29) is 0 Å². The zero-order valence-electron chi connectivity index (χ0n) is 8.41. The molecular formula is C11H21Br. The summed E-state index contributed by atoms with van der Waals surface area (Å²) in [5, 5.41) is 1.23. The number of halogens is 1. The van der Waals surface area contributed by atoms with E-state index in [1.807, 2.05) is 0 Å². The van der Waals surface area contributed by atoms with Gasteiger partial charge in [-0.3, -0.25) is 0 Å². The second-order valence-corrected chi connectivity index (χ2v) is 4.78. The Morgan fingerprint density at radius 3 is 2.00 bits per heavy atom. The molecule has 1 heteroatoms. The molecule has 0 radical (unpaired) electrons. The molecule has 0 spiro atoms. The van der Waals surface area contributed by atoms with Crippen molar-refractivity contribution in [3.8, 4) is 0 Å². The van der Waals surface area contributed by atoms with Gasteiger partial charge in [0.1, 0.15) is 0 Å². The third kappa shape index (κ3) is 1.86. The molecule has 1 fully saturated rings. The highest BCUT2D eigenvalue weighted by molar-refractivity contribution is 9.09. The number of hydrogen-bond donors (Lipinski definition) is 0. The fourth-order valence-electron chi connectivity index (χ4n) is 2.88. The molecule has 0 aliphatic heterocycles. The van der Waals surface area contributed by atoms with Crippen LogP contribution in [-0.4, -0.2) is 5.33 Å². The first-order chi connectivity index (χ1) is 5.79. The van der Waals surface area contributed by atoms with Gasteiger partial charge in [-0.05, 0) is 24.2 Å². The van der Waals surface area contributed by atoms with Crippen LogP contribution in [0, 0.1) is 11.3 Å². The topological polar surface area (TPSA) is 0 Å². The molecule has 0 bridgehead atoms. The SMILES string of the molecule is CCC(CC)C1(CBr)CCCC1. The van der Waals surface area contributed by atoms with Gasteiger partial charge in [0.05, 0.1) is 0 Å². The quantitative estimate of drug-likeness (QED) is 0.632. The highest BCUT2D eigenvalue weighted by atomic mass is 79.9. The summed E-state index contributed by atoms with van der Waals surface area (Å²) in [5.41, 5.74) is 0.670. The number of alkyl halides is 1. The molecule has 1 aliphatic rings. The molecular weight excluding hydrogens is 212 g/mol. The molecule has 0 atom stereocenters. The predicted molar refractivity (Wildman–Crippen MR) is 58.8 cm³/mol. The fourth-order valence-corrected chi connectivity index (χ4v) is 3.90. The molecule has 0 heterocycles. The molecule has 1 rings (SSSR count). The molecule has 72 valence electrons. The lowest BCUT2D eigenvalue weighted by Gasteiger charge is -2.35. The van der Waals surface area contributed by atoms with Crippen molar-refractivity contribution >= 4 is 15.9 Å². The smallest absolute Gasteiger partial charge is 0.00906 e. The molecule has 0 unspecified atom stereocenters. The first-order valence-electron chi connectivity index (χ1n) is 5.35.